The van der Waals surface area contributed by atoms with E-state index in [0.717, 1.165) is 21.2 Å². The Kier molecular flexibility index (Phi) is 3.99. The van der Waals surface area contributed by atoms with Gasteiger partial charge in [0.2, 0.25) is 0 Å². The van der Waals surface area contributed by atoms with E-state index in [2.05, 4.69) is 5.32 Å². The highest BCUT2D eigenvalue weighted by atomic mass is 35.5. The molecule has 1 unspecified atom stereocenters. The fraction of sp³-hybridized carbons (Fsp3) is 0.214. The first-order valence-corrected chi connectivity index (χ1v) is 9.35. The highest BCUT2D eigenvalue weighted by Gasteiger charge is 2.33. The van der Waals surface area contributed by atoms with Gasteiger partial charge in [-0.25, -0.2) is 13.2 Å². The highest BCUT2D eigenvalue weighted by Crippen LogP contribution is 2.42. The molecule has 0 aliphatic carbocycles. The summed E-state index contributed by atoms with van der Waals surface area (Å²) in [6, 6.07) is 5.67. The van der Waals surface area contributed by atoms with Crippen LogP contribution >= 0.6 is 22.9 Å². The minimum atomic E-state index is -3.75. The Balaban J connectivity index is 2.08. The SMILES string of the molecule is CN(c1c(Cl)ccc2c1NC(C(=O)O)C2)S(=O)(=O)c1cccs1. The average Bonchev–Trinajstić information content (AvgIpc) is 3.15. The van der Waals surface area contributed by atoms with Crippen LogP contribution in [0.3, 0.4) is 0 Å². The molecule has 0 amide bonds. The van der Waals surface area contributed by atoms with Crippen molar-refractivity contribution in [1.29, 1.82) is 0 Å². The number of rotatable bonds is 4. The Morgan fingerprint density at radius 3 is 2.78 bits per heavy atom. The highest BCUT2D eigenvalue weighted by molar-refractivity contribution is 7.94. The lowest BCUT2D eigenvalue weighted by molar-refractivity contribution is -0.137. The lowest BCUT2D eigenvalue weighted by Crippen LogP contribution is -2.29. The zero-order valence-electron chi connectivity index (χ0n) is 12.0. The predicted octanol–water partition coefficient (Wildman–Crippen LogP) is 2.65. The molecule has 1 aliphatic heterocycles. The number of fused-ring (bicyclic) bond motifs is 1. The van der Waals surface area contributed by atoms with Crippen LogP contribution in [0, 0.1) is 0 Å². The van der Waals surface area contributed by atoms with E-state index in [9.17, 15) is 13.2 Å². The van der Waals surface area contributed by atoms with E-state index in [1.807, 2.05) is 0 Å². The van der Waals surface area contributed by atoms with Gasteiger partial charge in [-0.1, -0.05) is 23.7 Å². The smallest absolute Gasteiger partial charge is 0.326 e. The van der Waals surface area contributed by atoms with Crippen molar-refractivity contribution in [2.45, 2.75) is 16.7 Å². The Labute approximate surface area is 142 Å². The zero-order valence-corrected chi connectivity index (χ0v) is 14.4. The summed E-state index contributed by atoms with van der Waals surface area (Å²) < 4.78 is 26.7. The molecule has 23 heavy (non-hydrogen) atoms. The van der Waals surface area contributed by atoms with Crippen molar-refractivity contribution in [3.8, 4) is 0 Å². The van der Waals surface area contributed by atoms with E-state index >= 15 is 0 Å². The molecule has 1 aromatic heterocycles. The second kappa shape index (κ2) is 5.70. The van der Waals surface area contributed by atoms with Crippen molar-refractivity contribution in [2.75, 3.05) is 16.7 Å². The first-order chi connectivity index (χ1) is 10.8. The van der Waals surface area contributed by atoms with Crippen LogP contribution in [0.4, 0.5) is 11.4 Å². The van der Waals surface area contributed by atoms with Gasteiger partial charge in [-0.2, -0.15) is 0 Å². The van der Waals surface area contributed by atoms with Crippen LogP contribution in [0.25, 0.3) is 0 Å². The van der Waals surface area contributed by atoms with Gasteiger partial charge in [0.05, 0.1) is 16.4 Å². The summed E-state index contributed by atoms with van der Waals surface area (Å²) in [6.45, 7) is 0. The molecule has 1 aromatic carbocycles. The molecular formula is C14H13ClN2O4S2. The van der Waals surface area contributed by atoms with E-state index in [4.69, 9.17) is 16.7 Å². The molecule has 2 N–H and O–H groups in total. The maximum atomic E-state index is 12.7. The number of anilines is 2. The Morgan fingerprint density at radius 1 is 1.43 bits per heavy atom. The first kappa shape index (κ1) is 16.1. The topological polar surface area (TPSA) is 86.7 Å². The number of carboxylic acids is 1. The van der Waals surface area contributed by atoms with Crippen LogP contribution in [-0.4, -0.2) is 32.6 Å². The standard InChI is InChI=1S/C14H13ClN2O4S2/c1-17(23(20,21)11-3-2-6-22-11)13-9(15)5-4-8-7-10(14(18)19)16-12(8)13/h2-6,10,16H,7H2,1H3,(H,18,19). The van der Waals surface area contributed by atoms with Crippen molar-refractivity contribution < 1.29 is 18.3 Å². The number of thiophene rings is 1. The largest absolute Gasteiger partial charge is 0.480 e. The fourth-order valence-corrected chi connectivity index (χ4v) is 5.23. The van der Waals surface area contributed by atoms with Gasteiger partial charge in [-0.15, -0.1) is 11.3 Å². The van der Waals surface area contributed by atoms with E-state index in [-0.39, 0.29) is 21.3 Å². The number of aliphatic carboxylic acids is 1. The number of hydrogen-bond donors (Lipinski definition) is 2. The number of sulfonamides is 1. The molecule has 0 spiro atoms. The average molecular weight is 373 g/mol. The van der Waals surface area contributed by atoms with Crippen LogP contribution in [-0.2, 0) is 21.2 Å². The molecule has 2 aromatic rings. The van der Waals surface area contributed by atoms with Gasteiger partial charge in [0.25, 0.3) is 10.0 Å². The Bertz CT molecular complexity index is 865. The lowest BCUT2D eigenvalue weighted by atomic mass is 10.1. The third-order valence-corrected chi connectivity index (χ3v) is 7.12. The van der Waals surface area contributed by atoms with Crippen LogP contribution < -0.4 is 9.62 Å². The zero-order chi connectivity index (χ0) is 16.8. The van der Waals surface area contributed by atoms with Crippen LogP contribution in [0.2, 0.25) is 5.02 Å². The van der Waals surface area contributed by atoms with E-state index < -0.39 is 22.0 Å². The fourth-order valence-electron chi connectivity index (χ4n) is 2.51. The summed E-state index contributed by atoms with van der Waals surface area (Å²) in [7, 11) is -2.34. The molecule has 1 atom stereocenters. The molecule has 6 nitrogen and oxygen atoms in total. The number of nitrogens with one attached hydrogen (secondary N) is 1. The van der Waals surface area contributed by atoms with Gasteiger partial charge in [0.1, 0.15) is 10.3 Å². The summed E-state index contributed by atoms with van der Waals surface area (Å²) in [5, 5.41) is 13.9. The summed E-state index contributed by atoms with van der Waals surface area (Å²) in [5.41, 5.74) is 1.44. The van der Waals surface area contributed by atoms with Crippen molar-refractivity contribution in [3.05, 3.63) is 40.2 Å². The number of halogens is 1. The van der Waals surface area contributed by atoms with E-state index in [1.165, 1.54) is 13.1 Å². The van der Waals surface area contributed by atoms with Gasteiger partial charge < -0.3 is 10.4 Å². The maximum Gasteiger partial charge on any atom is 0.326 e. The molecule has 9 heteroatoms. The van der Waals surface area contributed by atoms with Gasteiger partial charge in [0.15, 0.2) is 0 Å². The third kappa shape index (κ3) is 2.66. The summed E-state index contributed by atoms with van der Waals surface area (Å²) in [6.07, 6.45) is 0.279. The predicted molar refractivity (Wildman–Crippen MR) is 90.1 cm³/mol. The van der Waals surface area contributed by atoms with Gasteiger partial charge in [0, 0.05) is 13.5 Å². The number of carbonyl (C=O) groups is 1. The second-order valence-electron chi connectivity index (χ2n) is 5.07. The summed E-state index contributed by atoms with van der Waals surface area (Å²) in [4.78, 5) is 11.2. The monoisotopic (exact) mass is 372 g/mol. The van der Waals surface area contributed by atoms with Crippen molar-refractivity contribution in [3.63, 3.8) is 0 Å². The Morgan fingerprint density at radius 2 is 2.17 bits per heavy atom. The van der Waals surface area contributed by atoms with Crippen LogP contribution in [0.5, 0.6) is 0 Å². The number of benzene rings is 1. The van der Waals surface area contributed by atoms with E-state index in [0.29, 0.717) is 5.69 Å². The van der Waals surface area contributed by atoms with Crippen molar-refractivity contribution in [1.82, 2.24) is 0 Å². The first-order valence-electron chi connectivity index (χ1n) is 6.65. The molecule has 122 valence electrons. The third-order valence-electron chi connectivity index (χ3n) is 3.68. The molecule has 0 fully saturated rings. The molecule has 3 rings (SSSR count). The second-order valence-corrected chi connectivity index (χ2v) is 8.63. The maximum absolute atomic E-state index is 12.7. The summed E-state index contributed by atoms with van der Waals surface area (Å²) in [5.74, 6) is -0.993. The Hall–Kier alpha value is -1.77. The molecule has 2 heterocycles. The van der Waals surface area contributed by atoms with Gasteiger partial charge in [-0.05, 0) is 23.1 Å². The lowest BCUT2D eigenvalue weighted by Gasteiger charge is -2.23. The van der Waals surface area contributed by atoms with Gasteiger partial charge in [-0.3, -0.25) is 4.31 Å². The van der Waals surface area contributed by atoms with Crippen molar-refractivity contribution >= 4 is 50.3 Å². The quantitative estimate of drug-likeness (QED) is 0.861. The molecule has 0 bridgehead atoms. The van der Waals surface area contributed by atoms with Crippen molar-refractivity contribution in [2.24, 2.45) is 0 Å². The van der Waals surface area contributed by atoms with Crippen LogP contribution in [0.15, 0.2) is 33.9 Å². The minimum Gasteiger partial charge on any atom is -0.480 e. The van der Waals surface area contributed by atoms with Crippen LogP contribution in [0.1, 0.15) is 5.56 Å². The summed E-state index contributed by atoms with van der Waals surface area (Å²) >= 11 is 7.32. The molecule has 1 aliphatic rings. The van der Waals surface area contributed by atoms with Gasteiger partial charge >= 0.3 is 5.97 Å². The molecule has 0 saturated heterocycles. The number of hydrogen-bond acceptors (Lipinski definition) is 5. The molecular weight excluding hydrogens is 360 g/mol. The number of nitrogens with zero attached hydrogens (tertiary/aromatic N) is 1. The number of carboxylic acid groups (broad SMARTS) is 1. The van der Waals surface area contributed by atoms with E-state index in [1.54, 1.807) is 23.6 Å². The minimum absolute atomic E-state index is 0.196. The molecule has 0 radical (unpaired) electrons. The normalized spacial score (nSPS) is 16.7. The molecule has 0 saturated carbocycles.